The molecule has 3 heteroatoms. The number of nitrogens with one attached hydrogen (secondary N) is 1. The fourth-order valence-electron chi connectivity index (χ4n) is 2.32. The minimum Gasteiger partial charge on any atom is -0.315 e. The summed E-state index contributed by atoms with van der Waals surface area (Å²) in [5.41, 5.74) is 2.37. The molecule has 3 nitrogen and oxygen atoms in total. The zero-order chi connectivity index (χ0) is 9.59. The molecule has 1 fully saturated rings. The van der Waals surface area contributed by atoms with Gasteiger partial charge in [0.25, 0.3) is 0 Å². The van der Waals surface area contributed by atoms with E-state index in [1.54, 1.807) is 0 Å². The summed E-state index contributed by atoms with van der Waals surface area (Å²) in [5, 5.41) is 2.90. The van der Waals surface area contributed by atoms with Crippen LogP contribution in [0.3, 0.4) is 0 Å². The number of hydrogen-bond donors (Lipinski definition) is 1. The summed E-state index contributed by atoms with van der Waals surface area (Å²) in [6.07, 6.45) is 2.25. The lowest BCUT2D eigenvalue weighted by Crippen LogP contribution is -2.50. The molecule has 1 saturated heterocycles. The summed E-state index contributed by atoms with van der Waals surface area (Å²) in [4.78, 5) is 13.6. The van der Waals surface area contributed by atoms with Gasteiger partial charge in [0.2, 0.25) is 0 Å². The molecular formula is C10H16N2O. The lowest BCUT2D eigenvalue weighted by molar-refractivity contribution is 0.180. The molecule has 0 saturated carbocycles. The highest BCUT2D eigenvalue weighted by Crippen LogP contribution is 2.32. The molecule has 0 spiro atoms. The fourth-order valence-corrected chi connectivity index (χ4v) is 2.32. The molecule has 2 aliphatic rings. The predicted octanol–water partition coefficient (Wildman–Crippen LogP) is 1.86. The maximum Gasteiger partial charge on any atom is 0.322 e. The highest BCUT2D eigenvalue weighted by Gasteiger charge is 2.38. The van der Waals surface area contributed by atoms with Crippen molar-refractivity contribution in [2.75, 3.05) is 0 Å². The summed E-state index contributed by atoms with van der Waals surface area (Å²) in [5.74, 6) is 0. The van der Waals surface area contributed by atoms with Crippen molar-refractivity contribution in [2.24, 2.45) is 0 Å². The quantitative estimate of drug-likeness (QED) is 0.606. The standard InChI is InChI=1S/C10H16N2O/c1-6-4-5-9-7(2)8(3)11-10(13)12(6)9/h6,9H,4-5H2,1-3H3,(H,11,13)/t6-,9+/m1/s1. The van der Waals surface area contributed by atoms with Crippen LogP contribution in [-0.4, -0.2) is 23.0 Å². The van der Waals surface area contributed by atoms with Crippen LogP contribution in [0.25, 0.3) is 0 Å². The van der Waals surface area contributed by atoms with Gasteiger partial charge < -0.3 is 10.2 Å². The Balaban J connectivity index is 2.35. The average Bonchev–Trinajstić information content (AvgIpc) is 2.44. The second-order valence-corrected chi connectivity index (χ2v) is 4.09. The summed E-state index contributed by atoms with van der Waals surface area (Å²) >= 11 is 0. The number of allylic oxidation sites excluding steroid dienone is 1. The number of nitrogens with zero attached hydrogens (tertiary/aromatic N) is 1. The van der Waals surface area contributed by atoms with Gasteiger partial charge in [-0.2, -0.15) is 0 Å². The average molecular weight is 180 g/mol. The monoisotopic (exact) mass is 180 g/mol. The Bertz CT molecular complexity index is 283. The van der Waals surface area contributed by atoms with Crippen LogP contribution in [0.5, 0.6) is 0 Å². The molecule has 72 valence electrons. The maximum absolute atomic E-state index is 11.6. The Kier molecular flexibility index (Phi) is 1.82. The van der Waals surface area contributed by atoms with Gasteiger partial charge in [-0.05, 0) is 39.2 Å². The third kappa shape index (κ3) is 1.14. The third-order valence-electron chi connectivity index (χ3n) is 3.29. The molecule has 1 N–H and O–H groups in total. The summed E-state index contributed by atoms with van der Waals surface area (Å²) in [7, 11) is 0. The third-order valence-corrected chi connectivity index (χ3v) is 3.29. The smallest absolute Gasteiger partial charge is 0.315 e. The van der Waals surface area contributed by atoms with Crippen molar-refractivity contribution in [3.05, 3.63) is 11.3 Å². The van der Waals surface area contributed by atoms with Gasteiger partial charge >= 0.3 is 6.03 Å². The van der Waals surface area contributed by atoms with Gasteiger partial charge in [-0.3, -0.25) is 0 Å². The minimum atomic E-state index is 0.0816. The molecule has 2 aliphatic heterocycles. The summed E-state index contributed by atoms with van der Waals surface area (Å²) in [6.45, 7) is 6.21. The van der Waals surface area contributed by atoms with E-state index >= 15 is 0 Å². The first-order chi connectivity index (χ1) is 6.11. The van der Waals surface area contributed by atoms with Crippen molar-refractivity contribution in [1.29, 1.82) is 0 Å². The van der Waals surface area contributed by atoms with Crippen LogP contribution in [-0.2, 0) is 0 Å². The number of carbonyl (C=O) groups excluding carboxylic acids is 1. The molecule has 0 aromatic rings. The Morgan fingerprint density at radius 3 is 2.77 bits per heavy atom. The molecule has 13 heavy (non-hydrogen) atoms. The van der Waals surface area contributed by atoms with E-state index in [0.717, 1.165) is 18.5 Å². The highest BCUT2D eigenvalue weighted by atomic mass is 16.2. The zero-order valence-electron chi connectivity index (χ0n) is 8.42. The first kappa shape index (κ1) is 8.60. The maximum atomic E-state index is 11.6. The number of amides is 2. The first-order valence-corrected chi connectivity index (χ1v) is 4.88. The van der Waals surface area contributed by atoms with Crippen molar-refractivity contribution in [3.8, 4) is 0 Å². The number of urea groups is 1. The van der Waals surface area contributed by atoms with Gasteiger partial charge in [0.1, 0.15) is 0 Å². The van der Waals surface area contributed by atoms with Crippen molar-refractivity contribution >= 4 is 6.03 Å². The molecule has 0 aliphatic carbocycles. The fraction of sp³-hybridized carbons (Fsp3) is 0.700. The van der Waals surface area contributed by atoms with Gasteiger partial charge in [0, 0.05) is 11.7 Å². The molecule has 0 bridgehead atoms. The second kappa shape index (κ2) is 2.76. The van der Waals surface area contributed by atoms with Gasteiger partial charge in [-0.1, -0.05) is 0 Å². The number of fused-ring (bicyclic) bond motifs is 1. The largest absolute Gasteiger partial charge is 0.322 e. The number of rotatable bonds is 0. The van der Waals surface area contributed by atoms with E-state index < -0.39 is 0 Å². The minimum absolute atomic E-state index is 0.0816. The van der Waals surface area contributed by atoms with E-state index in [4.69, 9.17) is 0 Å². The normalized spacial score (nSPS) is 33.5. The van der Waals surface area contributed by atoms with Crippen LogP contribution in [0.2, 0.25) is 0 Å². The van der Waals surface area contributed by atoms with Crippen LogP contribution >= 0.6 is 0 Å². The van der Waals surface area contributed by atoms with Gasteiger partial charge in [0.15, 0.2) is 0 Å². The van der Waals surface area contributed by atoms with Crippen molar-refractivity contribution < 1.29 is 4.79 Å². The van der Waals surface area contributed by atoms with E-state index in [0.29, 0.717) is 12.1 Å². The van der Waals surface area contributed by atoms with Crippen LogP contribution in [0.4, 0.5) is 4.79 Å². The van der Waals surface area contributed by atoms with E-state index in [1.807, 2.05) is 11.8 Å². The topological polar surface area (TPSA) is 32.3 Å². The first-order valence-electron chi connectivity index (χ1n) is 4.88. The SMILES string of the molecule is CC1=C(C)[C@@H]2CC[C@@H](C)N2C(=O)N1. The Hall–Kier alpha value is -0.990. The van der Waals surface area contributed by atoms with Crippen molar-refractivity contribution in [1.82, 2.24) is 10.2 Å². The molecule has 2 amide bonds. The van der Waals surface area contributed by atoms with Crippen LogP contribution in [0, 0.1) is 0 Å². The Labute approximate surface area is 78.8 Å². The number of hydrogen-bond acceptors (Lipinski definition) is 1. The van der Waals surface area contributed by atoms with Gasteiger partial charge in [0.05, 0.1) is 6.04 Å². The lowest BCUT2D eigenvalue weighted by atomic mass is 10.0. The second-order valence-electron chi connectivity index (χ2n) is 4.09. The van der Waals surface area contributed by atoms with E-state index in [9.17, 15) is 4.79 Å². The van der Waals surface area contributed by atoms with E-state index in [2.05, 4.69) is 19.2 Å². The predicted molar refractivity (Wildman–Crippen MR) is 51.2 cm³/mol. The van der Waals surface area contributed by atoms with Crippen molar-refractivity contribution in [3.63, 3.8) is 0 Å². The molecule has 0 aromatic heterocycles. The van der Waals surface area contributed by atoms with E-state index in [1.165, 1.54) is 5.57 Å². The molecule has 0 radical (unpaired) electrons. The van der Waals surface area contributed by atoms with Gasteiger partial charge in [-0.15, -0.1) is 0 Å². The zero-order valence-corrected chi connectivity index (χ0v) is 8.42. The van der Waals surface area contributed by atoms with Crippen LogP contribution in [0.1, 0.15) is 33.6 Å². The van der Waals surface area contributed by atoms with E-state index in [-0.39, 0.29) is 6.03 Å². The molecule has 0 aromatic carbocycles. The molecule has 2 rings (SSSR count). The molecule has 2 atom stereocenters. The Morgan fingerprint density at radius 2 is 2.08 bits per heavy atom. The molecular weight excluding hydrogens is 164 g/mol. The Morgan fingerprint density at radius 1 is 1.38 bits per heavy atom. The van der Waals surface area contributed by atoms with Crippen molar-refractivity contribution in [2.45, 2.75) is 45.7 Å². The summed E-state index contributed by atoms with van der Waals surface area (Å²) in [6, 6.07) is 0.842. The molecule has 0 unspecified atom stereocenters. The molecule has 2 heterocycles. The highest BCUT2D eigenvalue weighted by molar-refractivity contribution is 5.79. The van der Waals surface area contributed by atoms with Crippen LogP contribution < -0.4 is 5.32 Å². The van der Waals surface area contributed by atoms with Crippen LogP contribution in [0.15, 0.2) is 11.3 Å². The summed E-state index contributed by atoms with van der Waals surface area (Å²) < 4.78 is 0. The van der Waals surface area contributed by atoms with Gasteiger partial charge in [-0.25, -0.2) is 4.79 Å². The number of carbonyl (C=O) groups is 1. The lowest BCUT2D eigenvalue weighted by Gasteiger charge is -2.34.